The quantitative estimate of drug-likeness (QED) is 0.0199. The number of carbonyl (C=O) groups excluding carboxylic acids is 1. The molecule has 0 radical (unpaired) electrons. The van der Waals surface area contributed by atoms with Crippen molar-refractivity contribution in [2.45, 2.75) is 394 Å². The lowest BCUT2D eigenvalue weighted by atomic mass is 9.96. The largest absolute Gasteiger partial charge is 0.394 e. The number of amides is 1. The average Bonchev–Trinajstić information content (AvgIpc) is 0.783. The zero-order chi connectivity index (χ0) is 83.8. The fourth-order valence-corrected chi connectivity index (χ4v) is 13.8. The van der Waals surface area contributed by atoms with Crippen LogP contribution >= 0.6 is 0 Å². The molecule has 0 saturated carbocycles. The van der Waals surface area contributed by atoms with Gasteiger partial charge in [0.05, 0.1) is 38.6 Å². The zero-order valence-corrected chi connectivity index (χ0v) is 71.1. The van der Waals surface area contributed by atoms with Gasteiger partial charge in [0.25, 0.3) is 0 Å². The molecule has 3 aliphatic heterocycles. The van der Waals surface area contributed by atoms with Crippen molar-refractivity contribution in [3.63, 3.8) is 0 Å². The number of ether oxygens (including phenoxy) is 6. The minimum atomic E-state index is -2.00. The molecule has 660 valence electrons. The average molecular weight is 1630 g/mol. The van der Waals surface area contributed by atoms with Crippen LogP contribution in [0.2, 0.25) is 0 Å². The Kier molecular flexibility index (Phi) is 66.8. The molecule has 3 fully saturated rings. The molecule has 3 saturated heterocycles. The lowest BCUT2D eigenvalue weighted by Gasteiger charge is -2.48. The Bertz CT molecular complexity index is 2810. The molecule has 17 atom stereocenters. The molecular formula is C97H159NO18. The molecule has 3 aliphatic rings. The number of aliphatic hydroxyl groups excluding tert-OH is 11. The van der Waals surface area contributed by atoms with Gasteiger partial charge in [-0.15, -0.1) is 0 Å². The van der Waals surface area contributed by atoms with Crippen LogP contribution in [-0.2, 0) is 33.2 Å². The summed E-state index contributed by atoms with van der Waals surface area (Å²) in [6.07, 6.45) is 86.0. The first-order valence-corrected chi connectivity index (χ1v) is 45.0. The second-order valence-electron chi connectivity index (χ2n) is 31.0. The second-order valence-corrected chi connectivity index (χ2v) is 31.0. The van der Waals surface area contributed by atoms with Crippen molar-refractivity contribution in [1.29, 1.82) is 0 Å². The van der Waals surface area contributed by atoms with Gasteiger partial charge < -0.3 is 89.9 Å². The third-order valence-corrected chi connectivity index (χ3v) is 20.9. The molecule has 3 rings (SSSR count). The van der Waals surface area contributed by atoms with Gasteiger partial charge in [-0.1, -0.05) is 331 Å². The predicted octanol–water partition coefficient (Wildman–Crippen LogP) is 17.5. The van der Waals surface area contributed by atoms with Gasteiger partial charge in [-0.2, -0.15) is 0 Å². The fraction of sp³-hybridized carbons (Fsp3) is 0.680. The van der Waals surface area contributed by atoms with Crippen LogP contribution < -0.4 is 5.32 Å². The third-order valence-electron chi connectivity index (χ3n) is 20.9. The monoisotopic (exact) mass is 1630 g/mol. The van der Waals surface area contributed by atoms with E-state index >= 15 is 0 Å². The normalized spacial score (nSPS) is 25.4. The Morgan fingerprint density at radius 3 is 0.966 bits per heavy atom. The summed E-state index contributed by atoms with van der Waals surface area (Å²) in [5.74, 6) is -0.319. The standard InChI is InChI=1S/C97H159NO18/c1-3-5-7-9-11-13-15-17-19-21-23-25-27-29-31-33-35-36-37-38-39-40-41-42-43-44-45-47-49-51-53-55-57-59-61-63-65-67-69-71-73-75-85(103)98-80(81(102)74-72-70-68-66-64-62-60-58-56-54-52-50-48-46-34-32-30-28-26-24-22-20-18-16-14-12-10-8-6-4-2)79-111-95-91(109)88(106)93(83(77-100)113-95)116-97-92(110)89(107)94(84(78-101)114-97)115-96-90(108)87(105)86(104)82(76-99)112-96/h5,7,11,13,17,19,23,25,29,31,35-36,38-39,41-42,44-45,49,51,55-58,61,63-64,66,72,74,80-84,86-97,99-102,104-110H,3-4,6,8-10,12,14-16,18,20-22,24,26-28,30,32-34,37,40,43,46-48,50,52-54,59-60,62,65,67-71,73,75-79H2,1-2H3,(H,98,103)/b7-5-,13-11-,19-17-,25-23-,31-29-,36-35-,39-38-,42-41-,45-44-,51-49-,57-55-,58-56+,63-61-,66-64+,74-72+. The van der Waals surface area contributed by atoms with E-state index < -0.39 is 131 Å². The van der Waals surface area contributed by atoms with E-state index in [2.05, 4.69) is 189 Å². The van der Waals surface area contributed by atoms with Crippen LogP contribution in [0.5, 0.6) is 0 Å². The van der Waals surface area contributed by atoms with E-state index in [1.54, 1.807) is 6.08 Å². The number of hydrogen-bond acceptors (Lipinski definition) is 18. The number of aliphatic hydroxyl groups is 11. The summed E-state index contributed by atoms with van der Waals surface area (Å²) in [5.41, 5.74) is 0. The van der Waals surface area contributed by atoms with Crippen molar-refractivity contribution in [3.8, 4) is 0 Å². The van der Waals surface area contributed by atoms with E-state index in [9.17, 15) is 61.0 Å². The fourth-order valence-electron chi connectivity index (χ4n) is 13.8. The lowest BCUT2D eigenvalue weighted by Crippen LogP contribution is -2.66. The summed E-state index contributed by atoms with van der Waals surface area (Å²) in [7, 11) is 0. The second kappa shape index (κ2) is 73.8. The van der Waals surface area contributed by atoms with Gasteiger partial charge in [-0.05, 0) is 135 Å². The molecular weight excluding hydrogens is 1470 g/mol. The van der Waals surface area contributed by atoms with Crippen LogP contribution in [0.15, 0.2) is 182 Å². The van der Waals surface area contributed by atoms with Crippen molar-refractivity contribution in [1.82, 2.24) is 5.32 Å². The predicted molar refractivity (Wildman–Crippen MR) is 470 cm³/mol. The first-order chi connectivity index (χ1) is 56.8. The molecule has 19 heteroatoms. The van der Waals surface area contributed by atoms with Gasteiger partial charge in [-0.3, -0.25) is 4.79 Å². The number of unbranched alkanes of at least 4 members (excludes halogenated alkanes) is 26. The molecule has 0 bridgehead atoms. The maximum atomic E-state index is 13.5. The summed E-state index contributed by atoms with van der Waals surface area (Å²) < 4.78 is 34.5. The van der Waals surface area contributed by atoms with Gasteiger partial charge in [0.2, 0.25) is 5.91 Å². The van der Waals surface area contributed by atoms with Gasteiger partial charge in [0.1, 0.15) is 73.2 Å². The third kappa shape index (κ3) is 51.5. The smallest absolute Gasteiger partial charge is 0.220 e. The van der Waals surface area contributed by atoms with Crippen molar-refractivity contribution in [2.75, 3.05) is 26.4 Å². The van der Waals surface area contributed by atoms with Crippen LogP contribution in [0.4, 0.5) is 0 Å². The Balaban J connectivity index is 1.37. The molecule has 19 nitrogen and oxygen atoms in total. The molecule has 0 aromatic heterocycles. The van der Waals surface area contributed by atoms with Crippen LogP contribution in [-0.4, -0.2) is 193 Å². The molecule has 116 heavy (non-hydrogen) atoms. The van der Waals surface area contributed by atoms with Crippen molar-refractivity contribution in [2.24, 2.45) is 0 Å². The molecule has 17 unspecified atom stereocenters. The highest BCUT2D eigenvalue weighted by Crippen LogP contribution is 2.33. The van der Waals surface area contributed by atoms with Gasteiger partial charge in [-0.25, -0.2) is 0 Å². The van der Waals surface area contributed by atoms with E-state index in [4.69, 9.17) is 28.4 Å². The number of carbonyl (C=O) groups is 1. The summed E-state index contributed by atoms with van der Waals surface area (Å²) >= 11 is 0. The molecule has 0 aromatic carbocycles. The number of hydrogen-bond donors (Lipinski definition) is 12. The molecule has 0 aliphatic carbocycles. The Morgan fingerprint density at radius 1 is 0.319 bits per heavy atom. The van der Waals surface area contributed by atoms with Gasteiger partial charge in [0.15, 0.2) is 18.9 Å². The van der Waals surface area contributed by atoms with Crippen molar-refractivity contribution in [3.05, 3.63) is 182 Å². The minimum Gasteiger partial charge on any atom is -0.394 e. The maximum Gasteiger partial charge on any atom is 0.220 e. The van der Waals surface area contributed by atoms with Crippen molar-refractivity contribution < 1.29 is 89.4 Å². The van der Waals surface area contributed by atoms with Crippen molar-refractivity contribution >= 4 is 5.91 Å². The minimum absolute atomic E-state index is 0.190. The Morgan fingerprint density at radius 2 is 0.603 bits per heavy atom. The molecule has 0 aromatic rings. The van der Waals surface area contributed by atoms with E-state index in [-0.39, 0.29) is 12.3 Å². The van der Waals surface area contributed by atoms with Crippen LogP contribution in [0.25, 0.3) is 0 Å². The van der Waals surface area contributed by atoms with E-state index in [1.165, 1.54) is 128 Å². The van der Waals surface area contributed by atoms with E-state index in [1.807, 2.05) is 6.08 Å². The summed E-state index contributed by atoms with van der Waals surface area (Å²) in [6, 6.07) is -1.03. The number of nitrogens with one attached hydrogen (secondary N) is 1. The highest BCUT2D eigenvalue weighted by Gasteiger charge is 2.54. The topological polar surface area (TPSA) is 307 Å². The highest BCUT2D eigenvalue weighted by atomic mass is 16.8. The first-order valence-electron chi connectivity index (χ1n) is 45.0. The van der Waals surface area contributed by atoms with Gasteiger partial charge in [0, 0.05) is 6.42 Å². The first kappa shape index (κ1) is 105. The molecule has 1 amide bonds. The SMILES string of the molecule is CC/C=C\C/C=C\C/C=C\C/C=C\C/C=C\C/C=C\C/C=C\C/C=C\C/C=C\C/C=C\C/C=C\C/C=C\CCCCCCC(=O)NC(COC1OC(CO)C(OC2OC(CO)C(OC3OC(CO)C(O)C(O)C3O)C(O)C2O)C(O)C1O)C(O)/C=C/CC/C=C/CC/C=C/CCCCCCCCCCCCCCCCCCCCCC. The summed E-state index contributed by atoms with van der Waals surface area (Å²) in [6.45, 7) is 1.58. The van der Waals surface area contributed by atoms with E-state index in [0.29, 0.717) is 12.8 Å². The molecule has 0 spiro atoms. The van der Waals surface area contributed by atoms with Crippen LogP contribution in [0, 0.1) is 0 Å². The summed E-state index contributed by atoms with van der Waals surface area (Å²) in [4.78, 5) is 13.5. The number of allylic oxidation sites excluding steroid dienone is 29. The van der Waals surface area contributed by atoms with E-state index in [0.717, 1.165) is 128 Å². The maximum absolute atomic E-state index is 13.5. The Hall–Kier alpha value is -5.11. The van der Waals surface area contributed by atoms with Gasteiger partial charge >= 0.3 is 0 Å². The summed E-state index contributed by atoms with van der Waals surface area (Å²) in [5, 5.41) is 121. The van der Waals surface area contributed by atoms with Crippen LogP contribution in [0.3, 0.4) is 0 Å². The van der Waals surface area contributed by atoms with Crippen LogP contribution in [0.1, 0.15) is 290 Å². The molecule has 12 N–H and O–H groups in total. The molecule has 3 heterocycles. The lowest BCUT2D eigenvalue weighted by molar-refractivity contribution is -0.379. The highest BCUT2D eigenvalue weighted by molar-refractivity contribution is 5.76. The number of rotatable bonds is 70. The Labute approximate surface area is 700 Å². The zero-order valence-electron chi connectivity index (χ0n) is 71.1.